The summed E-state index contributed by atoms with van der Waals surface area (Å²) in [6, 6.07) is 8.28. The third-order valence-electron chi connectivity index (χ3n) is 3.38. The van der Waals surface area contributed by atoms with Crippen molar-refractivity contribution in [2.24, 2.45) is 5.92 Å². The molecule has 1 saturated carbocycles. The fourth-order valence-electron chi connectivity index (χ4n) is 2.40. The molecule has 0 aliphatic heterocycles. The van der Waals surface area contributed by atoms with Crippen LogP contribution in [-0.4, -0.2) is 22.0 Å². The summed E-state index contributed by atoms with van der Waals surface area (Å²) in [4.78, 5) is 22.6. The van der Waals surface area contributed by atoms with E-state index < -0.39 is 17.5 Å². The van der Waals surface area contributed by atoms with E-state index in [0.29, 0.717) is 18.4 Å². The third-order valence-corrected chi connectivity index (χ3v) is 3.38. The van der Waals surface area contributed by atoms with E-state index in [1.54, 1.807) is 30.3 Å². The maximum absolute atomic E-state index is 11.4. The van der Waals surface area contributed by atoms with Gasteiger partial charge in [-0.25, -0.2) is 4.79 Å². The van der Waals surface area contributed by atoms with Crippen molar-refractivity contribution in [2.45, 2.75) is 24.9 Å². The predicted molar refractivity (Wildman–Crippen MR) is 60.3 cm³/mol. The van der Waals surface area contributed by atoms with Gasteiger partial charge in [0, 0.05) is 18.8 Å². The highest BCUT2D eigenvalue weighted by molar-refractivity contribution is 5.85. The van der Waals surface area contributed by atoms with Gasteiger partial charge in [-0.15, -0.1) is 0 Å². The van der Waals surface area contributed by atoms with Crippen molar-refractivity contribution in [1.29, 1.82) is 0 Å². The molecule has 2 N–H and O–H groups in total. The predicted octanol–water partition coefficient (Wildman–Crippen LogP) is 1.33. The van der Waals surface area contributed by atoms with Crippen molar-refractivity contribution in [2.75, 3.05) is 0 Å². The maximum Gasteiger partial charge on any atom is 0.340 e. The molecule has 90 valence electrons. The van der Waals surface area contributed by atoms with Crippen LogP contribution < -0.4 is 0 Å². The lowest BCUT2D eigenvalue weighted by atomic mass is 9.80. The Bertz CT molecular complexity index is 440. The highest BCUT2D eigenvalue weighted by atomic mass is 16.4. The molecule has 1 aromatic rings. The molecule has 1 aromatic carbocycles. The van der Waals surface area contributed by atoms with Crippen LogP contribution in [0.4, 0.5) is 0 Å². The largest absolute Gasteiger partial charge is 0.479 e. The topological polar surface area (TPSA) is 74.6 Å². The quantitative estimate of drug-likeness (QED) is 0.827. The summed E-state index contributed by atoms with van der Waals surface area (Å²) in [7, 11) is 0. The van der Waals surface area contributed by atoms with Gasteiger partial charge in [-0.05, 0) is 12.0 Å². The van der Waals surface area contributed by atoms with Gasteiger partial charge in [0.15, 0.2) is 5.60 Å². The van der Waals surface area contributed by atoms with E-state index in [1.807, 2.05) is 0 Å². The number of benzene rings is 1. The average molecular weight is 234 g/mol. The van der Waals surface area contributed by atoms with Crippen molar-refractivity contribution >= 4 is 11.8 Å². The van der Waals surface area contributed by atoms with Crippen molar-refractivity contribution in [3.05, 3.63) is 35.9 Å². The van der Waals surface area contributed by atoms with Crippen LogP contribution in [0.1, 0.15) is 24.8 Å². The van der Waals surface area contributed by atoms with E-state index in [1.165, 1.54) is 0 Å². The van der Waals surface area contributed by atoms with Gasteiger partial charge in [0.25, 0.3) is 0 Å². The molecule has 4 heteroatoms. The van der Waals surface area contributed by atoms with Crippen LogP contribution in [0.15, 0.2) is 30.3 Å². The standard InChI is InChI=1S/C13H14O4/c14-11-7-6-10(8-11)13(17,12(15)16)9-4-2-1-3-5-9/h1-5,10,17H,6-8H2,(H,15,16)/t10-,13-/m0/s1. The average Bonchev–Trinajstić information content (AvgIpc) is 2.76. The number of ketones is 1. The summed E-state index contributed by atoms with van der Waals surface area (Å²) in [6.07, 6.45) is 0.918. The lowest BCUT2D eigenvalue weighted by Crippen LogP contribution is -2.42. The zero-order chi connectivity index (χ0) is 12.5. The van der Waals surface area contributed by atoms with Crippen LogP contribution in [0.2, 0.25) is 0 Å². The molecule has 0 heterocycles. The van der Waals surface area contributed by atoms with Crippen LogP contribution in [0, 0.1) is 5.92 Å². The normalized spacial score (nSPS) is 23.4. The molecule has 0 amide bonds. The summed E-state index contributed by atoms with van der Waals surface area (Å²) in [5, 5.41) is 19.7. The molecule has 17 heavy (non-hydrogen) atoms. The van der Waals surface area contributed by atoms with Crippen LogP contribution in [0.5, 0.6) is 0 Å². The minimum absolute atomic E-state index is 0.0191. The maximum atomic E-state index is 11.4. The third kappa shape index (κ3) is 1.96. The number of carboxylic acids is 1. The Morgan fingerprint density at radius 1 is 1.29 bits per heavy atom. The molecule has 0 saturated heterocycles. The van der Waals surface area contributed by atoms with Gasteiger partial charge in [0.1, 0.15) is 5.78 Å². The molecule has 1 fully saturated rings. The van der Waals surface area contributed by atoms with Gasteiger partial charge < -0.3 is 10.2 Å². The lowest BCUT2D eigenvalue weighted by Gasteiger charge is -2.29. The second-order valence-electron chi connectivity index (χ2n) is 4.42. The number of carbonyl (C=O) groups excluding carboxylic acids is 1. The number of rotatable bonds is 3. The number of hydrogen-bond donors (Lipinski definition) is 2. The molecule has 0 spiro atoms. The second-order valence-corrected chi connectivity index (χ2v) is 4.42. The van der Waals surface area contributed by atoms with Gasteiger partial charge in [-0.2, -0.15) is 0 Å². The molecule has 0 radical (unpaired) electrons. The monoisotopic (exact) mass is 234 g/mol. The summed E-state index contributed by atoms with van der Waals surface area (Å²) in [6.45, 7) is 0. The minimum atomic E-state index is -1.95. The lowest BCUT2D eigenvalue weighted by molar-refractivity contribution is -0.166. The molecule has 2 rings (SSSR count). The molecular formula is C13H14O4. The first-order valence-corrected chi connectivity index (χ1v) is 5.58. The SMILES string of the molecule is O=C1CC[C@H]([C@](O)(C(=O)O)c2ccccc2)C1. The van der Waals surface area contributed by atoms with Crippen LogP contribution in [-0.2, 0) is 15.2 Å². The molecule has 1 aliphatic carbocycles. The number of aliphatic hydroxyl groups is 1. The van der Waals surface area contributed by atoms with Crippen molar-refractivity contribution < 1.29 is 19.8 Å². The van der Waals surface area contributed by atoms with Gasteiger partial charge >= 0.3 is 5.97 Å². The van der Waals surface area contributed by atoms with Crippen LogP contribution in [0.3, 0.4) is 0 Å². The fourth-order valence-corrected chi connectivity index (χ4v) is 2.40. The van der Waals surface area contributed by atoms with Crippen LogP contribution in [0.25, 0.3) is 0 Å². The first-order chi connectivity index (χ1) is 8.05. The Morgan fingerprint density at radius 3 is 2.41 bits per heavy atom. The number of hydrogen-bond acceptors (Lipinski definition) is 3. The highest BCUT2D eigenvalue weighted by Crippen LogP contribution is 2.39. The Morgan fingerprint density at radius 2 is 1.94 bits per heavy atom. The zero-order valence-electron chi connectivity index (χ0n) is 9.30. The van der Waals surface area contributed by atoms with E-state index in [-0.39, 0.29) is 12.2 Å². The minimum Gasteiger partial charge on any atom is -0.479 e. The van der Waals surface area contributed by atoms with E-state index in [4.69, 9.17) is 0 Å². The first kappa shape index (κ1) is 11.8. The number of aliphatic carboxylic acids is 1. The van der Waals surface area contributed by atoms with Gasteiger partial charge in [-0.1, -0.05) is 30.3 Å². The molecule has 0 unspecified atom stereocenters. The van der Waals surface area contributed by atoms with Gasteiger partial charge in [-0.3, -0.25) is 4.79 Å². The molecule has 2 atom stereocenters. The number of carboxylic acid groups (broad SMARTS) is 1. The van der Waals surface area contributed by atoms with Crippen molar-refractivity contribution in [3.63, 3.8) is 0 Å². The Labute approximate surface area is 98.9 Å². The van der Waals surface area contributed by atoms with Gasteiger partial charge in [0.05, 0.1) is 0 Å². The Hall–Kier alpha value is -1.68. The summed E-state index contributed by atoms with van der Waals surface area (Å²) >= 11 is 0. The van der Waals surface area contributed by atoms with Gasteiger partial charge in [0.2, 0.25) is 0 Å². The summed E-state index contributed by atoms with van der Waals surface area (Å²) < 4.78 is 0. The Balaban J connectivity index is 2.40. The van der Waals surface area contributed by atoms with E-state index in [9.17, 15) is 19.8 Å². The molecule has 1 aliphatic rings. The number of Topliss-reactive ketones (excluding diaryl/α,β-unsaturated/α-hetero) is 1. The van der Waals surface area contributed by atoms with Crippen LogP contribution >= 0.6 is 0 Å². The zero-order valence-corrected chi connectivity index (χ0v) is 9.30. The molecule has 0 bridgehead atoms. The van der Waals surface area contributed by atoms with Crippen molar-refractivity contribution in [3.8, 4) is 0 Å². The molecule has 4 nitrogen and oxygen atoms in total. The second kappa shape index (κ2) is 4.30. The Kier molecular flexibility index (Phi) is 2.98. The molecule has 0 aromatic heterocycles. The molecular weight excluding hydrogens is 220 g/mol. The summed E-state index contributed by atoms with van der Waals surface area (Å²) in [5.74, 6) is -1.80. The van der Waals surface area contributed by atoms with E-state index >= 15 is 0 Å². The van der Waals surface area contributed by atoms with E-state index in [0.717, 1.165) is 0 Å². The van der Waals surface area contributed by atoms with Crippen molar-refractivity contribution in [1.82, 2.24) is 0 Å². The summed E-state index contributed by atoms with van der Waals surface area (Å²) in [5.41, 5.74) is -1.61. The number of carbonyl (C=O) groups is 2. The first-order valence-electron chi connectivity index (χ1n) is 5.58. The smallest absolute Gasteiger partial charge is 0.340 e. The fraction of sp³-hybridized carbons (Fsp3) is 0.385. The van der Waals surface area contributed by atoms with E-state index in [2.05, 4.69) is 0 Å². The highest BCUT2D eigenvalue weighted by Gasteiger charge is 2.48.